The number of thioether (sulfide) groups is 1. The van der Waals surface area contributed by atoms with Crippen LogP contribution in [0.2, 0.25) is 5.02 Å². The van der Waals surface area contributed by atoms with Gasteiger partial charge in [0, 0.05) is 18.1 Å². The molecule has 1 fully saturated rings. The van der Waals surface area contributed by atoms with Crippen molar-refractivity contribution in [2.45, 2.75) is 37.3 Å². The van der Waals surface area contributed by atoms with Gasteiger partial charge < -0.3 is 9.88 Å². The highest BCUT2D eigenvalue weighted by atomic mass is 35.5. The third kappa shape index (κ3) is 3.96. The Kier molecular flexibility index (Phi) is 5.26. The lowest BCUT2D eigenvalue weighted by atomic mass is 10.1. The molecule has 1 aliphatic heterocycles. The largest absolute Gasteiger partial charge is 0.342 e. The van der Waals surface area contributed by atoms with Gasteiger partial charge in [-0.2, -0.15) is 0 Å². The normalized spacial score (nSPS) is 16.5. The number of halogens is 1. The molecule has 1 aromatic heterocycles. The van der Waals surface area contributed by atoms with Gasteiger partial charge in [0.2, 0.25) is 5.91 Å². The van der Waals surface area contributed by atoms with E-state index in [1.807, 2.05) is 23.1 Å². The number of H-pyrrole nitrogens is 1. The van der Waals surface area contributed by atoms with Crippen molar-refractivity contribution < 1.29 is 4.79 Å². The molecule has 3 rings (SSSR count). The molecule has 0 unspecified atom stereocenters. The third-order valence-corrected chi connectivity index (χ3v) is 5.06. The maximum atomic E-state index is 12.3. The molecule has 0 atom stereocenters. The van der Waals surface area contributed by atoms with Crippen molar-refractivity contribution in [1.29, 1.82) is 0 Å². The predicted octanol–water partition coefficient (Wildman–Crippen LogP) is 4.10. The van der Waals surface area contributed by atoms with Gasteiger partial charge in [-0.05, 0) is 31.0 Å². The molecule has 1 amide bonds. The Morgan fingerprint density at radius 1 is 1.23 bits per heavy atom. The van der Waals surface area contributed by atoms with E-state index in [-0.39, 0.29) is 5.91 Å². The van der Waals surface area contributed by atoms with Crippen LogP contribution in [0.15, 0.2) is 23.4 Å². The fourth-order valence-corrected chi connectivity index (χ4v) is 3.70. The third-order valence-electron chi connectivity index (χ3n) is 3.96. The van der Waals surface area contributed by atoms with Crippen LogP contribution in [0.1, 0.15) is 32.1 Å². The van der Waals surface area contributed by atoms with Gasteiger partial charge in [0.05, 0.1) is 16.8 Å². The lowest BCUT2D eigenvalue weighted by Crippen LogP contribution is -2.35. The number of benzene rings is 1. The maximum Gasteiger partial charge on any atom is 0.233 e. The summed E-state index contributed by atoms with van der Waals surface area (Å²) in [6.45, 7) is 1.80. The van der Waals surface area contributed by atoms with Crippen LogP contribution in [-0.2, 0) is 4.79 Å². The van der Waals surface area contributed by atoms with Crippen molar-refractivity contribution in [3.05, 3.63) is 23.2 Å². The van der Waals surface area contributed by atoms with E-state index in [4.69, 9.17) is 11.6 Å². The van der Waals surface area contributed by atoms with E-state index in [1.54, 1.807) is 0 Å². The fraction of sp³-hybridized carbons (Fsp3) is 0.500. The van der Waals surface area contributed by atoms with Crippen molar-refractivity contribution in [2.75, 3.05) is 18.8 Å². The van der Waals surface area contributed by atoms with Crippen molar-refractivity contribution in [2.24, 2.45) is 0 Å². The summed E-state index contributed by atoms with van der Waals surface area (Å²) in [6.07, 6.45) is 6.03. The molecule has 0 saturated carbocycles. The summed E-state index contributed by atoms with van der Waals surface area (Å²) in [7, 11) is 0. The summed E-state index contributed by atoms with van der Waals surface area (Å²) in [4.78, 5) is 22.0. The monoisotopic (exact) mass is 337 g/mol. The molecule has 1 aliphatic rings. The number of fused-ring (bicyclic) bond motifs is 1. The number of hydrogen-bond donors (Lipinski definition) is 1. The van der Waals surface area contributed by atoms with Crippen molar-refractivity contribution >= 4 is 40.3 Å². The number of carbonyl (C=O) groups is 1. The first-order valence-corrected chi connectivity index (χ1v) is 9.14. The Bertz CT molecular complexity index is 650. The molecule has 0 bridgehead atoms. The molecular weight excluding hydrogens is 318 g/mol. The van der Waals surface area contributed by atoms with E-state index < -0.39 is 0 Å². The smallest absolute Gasteiger partial charge is 0.233 e. The number of aromatic amines is 1. The zero-order chi connectivity index (χ0) is 15.4. The van der Waals surface area contributed by atoms with Crippen LogP contribution >= 0.6 is 23.4 Å². The second kappa shape index (κ2) is 7.38. The summed E-state index contributed by atoms with van der Waals surface area (Å²) in [5.74, 6) is 0.651. The summed E-state index contributed by atoms with van der Waals surface area (Å²) < 4.78 is 0. The van der Waals surface area contributed by atoms with E-state index >= 15 is 0 Å². The van der Waals surface area contributed by atoms with Gasteiger partial charge in [-0.1, -0.05) is 42.6 Å². The number of nitrogens with zero attached hydrogens (tertiary/aromatic N) is 2. The lowest BCUT2D eigenvalue weighted by molar-refractivity contribution is -0.128. The van der Waals surface area contributed by atoms with E-state index in [1.165, 1.54) is 31.0 Å². The molecule has 118 valence electrons. The number of hydrogen-bond acceptors (Lipinski definition) is 3. The minimum absolute atomic E-state index is 0.213. The van der Waals surface area contributed by atoms with Gasteiger partial charge in [0.15, 0.2) is 5.16 Å². The Hall–Kier alpha value is -1.20. The minimum Gasteiger partial charge on any atom is -0.342 e. The number of aromatic nitrogens is 2. The zero-order valence-corrected chi connectivity index (χ0v) is 14.1. The summed E-state index contributed by atoms with van der Waals surface area (Å²) in [5.41, 5.74) is 1.79. The molecule has 1 saturated heterocycles. The van der Waals surface area contributed by atoms with Crippen molar-refractivity contribution in [3.8, 4) is 0 Å². The molecule has 6 heteroatoms. The SMILES string of the molecule is O=C(CSc1nc2ccc(Cl)cc2[nH]1)N1CCCCCCC1. The van der Waals surface area contributed by atoms with E-state index in [9.17, 15) is 4.79 Å². The van der Waals surface area contributed by atoms with Crippen LogP contribution in [0.4, 0.5) is 0 Å². The number of rotatable bonds is 3. The highest BCUT2D eigenvalue weighted by Gasteiger charge is 2.15. The van der Waals surface area contributed by atoms with Crippen LogP contribution in [0.3, 0.4) is 0 Å². The number of amides is 1. The van der Waals surface area contributed by atoms with Gasteiger partial charge in [-0.25, -0.2) is 4.98 Å². The number of likely N-dealkylation sites (tertiary alicyclic amines) is 1. The Morgan fingerprint density at radius 2 is 1.95 bits per heavy atom. The topological polar surface area (TPSA) is 49.0 Å². The van der Waals surface area contributed by atoms with Crippen molar-refractivity contribution in [3.63, 3.8) is 0 Å². The van der Waals surface area contributed by atoms with Gasteiger partial charge in [-0.3, -0.25) is 4.79 Å². The number of imidazole rings is 1. The van der Waals surface area contributed by atoms with Crippen LogP contribution in [0.25, 0.3) is 11.0 Å². The molecule has 1 aromatic carbocycles. The van der Waals surface area contributed by atoms with Gasteiger partial charge in [0.25, 0.3) is 0 Å². The van der Waals surface area contributed by atoms with Gasteiger partial charge in [-0.15, -0.1) is 0 Å². The predicted molar refractivity (Wildman–Crippen MR) is 91.5 cm³/mol. The van der Waals surface area contributed by atoms with Crippen LogP contribution in [0, 0.1) is 0 Å². The quantitative estimate of drug-likeness (QED) is 0.858. The average molecular weight is 338 g/mol. The molecule has 2 aromatic rings. The second-order valence-electron chi connectivity index (χ2n) is 5.64. The van der Waals surface area contributed by atoms with Crippen LogP contribution in [-0.4, -0.2) is 39.6 Å². The van der Waals surface area contributed by atoms with E-state index in [2.05, 4.69) is 9.97 Å². The average Bonchev–Trinajstić information content (AvgIpc) is 2.86. The first-order valence-electron chi connectivity index (χ1n) is 7.78. The molecule has 0 spiro atoms. The van der Waals surface area contributed by atoms with Gasteiger partial charge >= 0.3 is 0 Å². The van der Waals surface area contributed by atoms with Crippen molar-refractivity contribution in [1.82, 2.24) is 14.9 Å². The molecule has 2 heterocycles. The van der Waals surface area contributed by atoms with E-state index in [0.717, 1.165) is 42.1 Å². The molecule has 4 nitrogen and oxygen atoms in total. The van der Waals surface area contributed by atoms with Crippen LogP contribution < -0.4 is 0 Å². The second-order valence-corrected chi connectivity index (χ2v) is 7.04. The standard InChI is InChI=1S/C16H20ClN3OS/c17-12-6-7-13-14(10-12)19-16(18-13)22-11-15(21)20-8-4-2-1-3-5-9-20/h6-7,10H,1-5,8-9,11H2,(H,18,19). The minimum atomic E-state index is 0.213. The molecule has 22 heavy (non-hydrogen) atoms. The molecule has 0 aliphatic carbocycles. The lowest BCUT2D eigenvalue weighted by Gasteiger charge is -2.24. The highest BCUT2D eigenvalue weighted by Crippen LogP contribution is 2.22. The fourth-order valence-electron chi connectivity index (χ4n) is 2.75. The number of nitrogens with one attached hydrogen (secondary N) is 1. The highest BCUT2D eigenvalue weighted by molar-refractivity contribution is 7.99. The first kappa shape index (κ1) is 15.7. The number of carbonyl (C=O) groups excluding carboxylic acids is 1. The molecule has 1 N–H and O–H groups in total. The Morgan fingerprint density at radius 3 is 2.73 bits per heavy atom. The Labute approximate surface area is 139 Å². The summed E-state index contributed by atoms with van der Waals surface area (Å²) >= 11 is 7.44. The first-order chi connectivity index (χ1) is 10.7. The summed E-state index contributed by atoms with van der Waals surface area (Å²) in [6, 6.07) is 5.57. The van der Waals surface area contributed by atoms with Crippen LogP contribution in [0.5, 0.6) is 0 Å². The Balaban J connectivity index is 1.59. The summed E-state index contributed by atoms with van der Waals surface area (Å²) in [5, 5.41) is 1.46. The molecule has 0 radical (unpaired) electrons. The molecular formula is C16H20ClN3OS. The zero-order valence-electron chi connectivity index (χ0n) is 12.5. The van der Waals surface area contributed by atoms with E-state index in [0.29, 0.717) is 10.8 Å². The van der Waals surface area contributed by atoms with Gasteiger partial charge in [0.1, 0.15) is 0 Å². The maximum absolute atomic E-state index is 12.3.